The average Bonchev–Trinajstić information content (AvgIpc) is 2.57. The molecular weight excluding hydrogens is 229 g/mol. The van der Waals surface area contributed by atoms with Crippen molar-refractivity contribution in [3.05, 3.63) is 33.9 Å². The lowest BCUT2D eigenvalue weighted by Gasteiger charge is -2.09. The Morgan fingerprint density at radius 3 is 2.73 bits per heavy atom. The topological polar surface area (TPSA) is 34.4 Å². The Labute approximate surface area is 85.9 Å². The molecule has 0 saturated heterocycles. The predicted octanol–water partition coefficient (Wildman–Crippen LogP) is 2.08. The summed E-state index contributed by atoms with van der Waals surface area (Å²) in [6.45, 7) is 1.16. The van der Waals surface area contributed by atoms with Crippen LogP contribution < -0.4 is 5.56 Å². The van der Waals surface area contributed by atoms with Gasteiger partial charge in [0.05, 0.1) is 5.56 Å². The zero-order chi connectivity index (χ0) is 11.2. The molecule has 0 amide bonds. The summed E-state index contributed by atoms with van der Waals surface area (Å²) in [5.74, 6) is 0. The molecule has 0 radical (unpaired) electrons. The Morgan fingerprint density at radius 2 is 2.13 bits per heavy atom. The standard InChI is InChI=1S/C8H5F3N2OS/c1-4-5(8(9,10)11)2-6-13(7(4)14)3-12-15-6/h2-3H,1H3. The Morgan fingerprint density at radius 1 is 1.47 bits per heavy atom. The molecule has 0 atom stereocenters. The van der Waals surface area contributed by atoms with Gasteiger partial charge in [-0.15, -0.1) is 0 Å². The lowest BCUT2D eigenvalue weighted by atomic mass is 10.1. The maximum atomic E-state index is 12.5. The van der Waals surface area contributed by atoms with Gasteiger partial charge in [0, 0.05) is 5.56 Å². The van der Waals surface area contributed by atoms with Crippen LogP contribution in [0.1, 0.15) is 11.1 Å². The molecule has 0 aliphatic carbocycles. The molecule has 0 unspecified atom stereocenters. The van der Waals surface area contributed by atoms with Crippen LogP contribution in [0.15, 0.2) is 17.2 Å². The maximum Gasteiger partial charge on any atom is 0.416 e. The molecule has 2 aromatic rings. The molecule has 0 saturated carbocycles. The van der Waals surface area contributed by atoms with E-state index in [2.05, 4.69) is 4.37 Å². The van der Waals surface area contributed by atoms with Gasteiger partial charge in [-0.3, -0.25) is 9.20 Å². The van der Waals surface area contributed by atoms with Crippen LogP contribution in [-0.4, -0.2) is 8.77 Å². The highest BCUT2D eigenvalue weighted by atomic mass is 32.1. The van der Waals surface area contributed by atoms with Crippen molar-refractivity contribution in [1.82, 2.24) is 8.77 Å². The van der Waals surface area contributed by atoms with Gasteiger partial charge >= 0.3 is 6.18 Å². The van der Waals surface area contributed by atoms with Crippen LogP contribution in [0, 0.1) is 6.92 Å². The summed E-state index contributed by atoms with van der Waals surface area (Å²) < 4.78 is 42.3. The quantitative estimate of drug-likeness (QED) is 0.699. The first-order valence-electron chi connectivity index (χ1n) is 3.95. The number of alkyl halides is 3. The van der Waals surface area contributed by atoms with Crippen molar-refractivity contribution in [2.75, 3.05) is 0 Å². The third kappa shape index (κ3) is 1.52. The van der Waals surface area contributed by atoms with Crippen LogP contribution in [0.3, 0.4) is 0 Å². The minimum Gasteiger partial charge on any atom is -0.269 e. The van der Waals surface area contributed by atoms with E-state index in [1.165, 1.54) is 6.33 Å². The van der Waals surface area contributed by atoms with Crippen LogP contribution in [0.4, 0.5) is 13.2 Å². The lowest BCUT2D eigenvalue weighted by molar-refractivity contribution is -0.138. The van der Waals surface area contributed by atoms with E-state index in [1.54, 1.807) is 0 Å². The van der Waals surface area contributed by atoms with Gasteiger partial charge in [0.25, 0.3) is 5.56 Å². The number of rotatable bonds is 0. The minimum atomic E-state index is -4.50. The molecule has 0 bridgehead atoms. The second-order valence-corrected chi connectivity index (χ2v) is 3.82. The Kier molecular flexibility index (Phi) is 2.07. The van der Waals surface area contributed by atoms with E-state index >= 15 is 0 Å². The highest BCUT2D eigenvalue weighted by molar-refractivity contribution is 7.11. The van der Waals surface area contributed by atoms with Crippen LogP contribution in [-0.2, 0) is 6.18 Å². The second-order valence-electron chi connectivity index (χ2n) is 3.01. The van der Waals surface area contributed by atoms with Crippen molar-refractivity contribution >= 4 is 16.4 Å². The van der Waals surface area contributed by atoms with Crippen molar-refractivity contribution in [2.45, 2.75) is 13.1 Å². The number of pyridine rings is 1. The molecule has 0 fully saturated rings. The summed E-state index contributed by atoms with van der Waals surface area (Å²) in [7, 11) is 0. The zero-order valence-corrected chi connectivity index (χ0v) is 8.32. The molecule has 7 heteroatoms. The third-order valence-corrected chi connectivity index (χ3v) is 2.76. The Hall–Kier alpha value is -1.37. The first-order valence-corrected chi connectivity index (χ1v) is 4.72. The van der Waals surface area contributed by atoms with Gasteiger partial charge in [-0.25, -0.2) is 0 Å². The number of halogens is 3. The third-order valence-electron chi connectivity index (χ3n) is 2.06. The van der Waals surface area contributed by atoms with Crippen molar-refractivity contribution in [2.24, 2.45) is 0 Å². The number of hydrogen-bond donors (Lipinski definition) is 0. The van der Waals surface area contributed by atoms with Crippen LogP contribution in [0.25, 0.3) is 4.83 Å². The summed E-state index contributed by atoms with van der Waals surface area (Å²) in [5.41, 5.74) is -1.87. The van der Waals surface area contributed by atoms with E-state index in [0.29, 0.717) is 0 Å². The van der Waals surface area contributed by atoms with E-state index < -0.39 is 17.3 Å². The smallest absolute Gasteiger partial charge is 0.269 e. The van der Waals surface area contributed by atoms with Gasteiger partial charge < -0.3 is 0 Å². The number of aromatic nitrogens is 2. The fraction of sp³-hybridized carbons (Fsp3) is 0.250. The zero-order valence-electron chi connectivity index (χ0n) is 7.50. The first-order chi connectivity index (χ1) is 6.91. The van der Waals surface area contributed by atoms with Crippen molar-refractivity contribution in [1.29, 1.82) is 0 Å². The van der Waals surface area contributed by atoms with Crippen LogP contribution >= 0.6 is 11.5 Å². The molecule has 2 heterocycles. The van der Waals surface area contributed by atoms with E-state index in [1.807, 2.05) is 0 Å². The van der Waals surface area contributed by atoms with Crippen molar-refractivity contribution in [3.8, 4) is 0 Å². The van der Waals surface area contributed by atoms with Crippen molar-refractivity contribution in [3.63, 3.8) is 0 Å². The largest absolute Gasteiger partial charge is 0.416 e. The van der Waals surface area contributed by atoms with Gasteiger partial charge in [-0.2, -0.15) is 17.5 Å². The lowest BCUT2D eigenvalue weighted by Crippen LogP contribution is -2.20. The van der Waals surface area contributed by atoms with Gasteiger partial charge in [-0.05, 0) is 24.5 Å². The highest BCUT2D eigenvalue weighted by Gasteiger charge is 2.34. The molecule has 0 N–H and O–H groups in total. The molecule has 0 aliphatic heterocycles. The van der Waals surface area contributed by atoms with E-state index in [0.717, 1.165) is 28.9 Å². The molecule has 0 spiro atoms. The number of nitrogens with zero attached hydrogens (tertiary/aromatic N) is 2. The fourth-order valence-corrected chi connectivity index (χ4v) is 1.93. The summed E-state index contributed by atoms with van der Waals surface area (Å²) in [5, 5.41) is 0. The monoisotopic (exact) mass is 234 g/mol. The van der Waals surface area contributed by atoms with Crippen LogP contribution in [0.2, 0.25) is 0 Å². The molecule has 0 aromatic carbocycles. The molecule has 2 aromatic heterocycles. The molecular formula is C8H5F3N2OS. The minimum absolute atomic E-state index is 0.193. The fourth-order valence-electron chi connectivity index (χ4n) is 1.30. The summed E-state index contributed by atoms with van der Waals surface area (Å²) in [6, 6.07) is 0.939. The second kappa shape index (κ2) is 3.06. The molecule has 80 valence electrons. The Balaban J connectivity index is 2.88. The van der Waals surface area contributed by atoms with E-state index in [-0.39, 0.29) is 10.4 Å². The molecule has 2 rings (SSSR count). The molecule has 3 nitrogen and oxygen atoms in total. The summed E-state index contributed by atoms with van der Waals surface area (Å²) >= 11 is 0.853. The SMILES string of the molecule is Cc1c(C(F)(F)F)cc2sncn2c1=O. The van der Waals surface area contributed by atoms with Gasteiger partial charge in [0.2, 0.25) is 0 Å². The van der Waals surface area contributed by atoms with Gasteiger partial charge in [-0.1, -0.05) is 0 Å². The Bertz CT molecular complexity index is 569. The van der Waals surface area contributed by atoms with Crippen molar-refractivity contribution < 1.29 is 13.2 Å². The molecule has 0 aliphatic rings. The number of fused-ring (bicyclic) bond motifs is 1. The van der Waals surface area contributed by atoms with Gasteiger partial charge in [0.15, 0.2) is 0 Å². The van der Waals surface area contributed by atoms with E-state index in [9.17, 15) is 18.0 Å². The summed E-state index contributed by atoms with van der Waals surface area (Å²) in [4.78, 5) is 11.7. The average molecular weight is 234 g/mol. The number of hydrogen-bond acceptors (Lipinski definition) is 3. The summed E-state index contributed by atoms with van der Waals surface area (Å²) in [6.07, 6.45) is -3.28. The maximum absolute atomic E-state index is 12.5. The van der Waals surface area contributed by atoms with Crippen LogP contribution in [0.5, 0.6) is 0 Å². The normalized spacial score (nSPS) is 12.3. The highest BCUT2D eigenvalue weighted by Crippen LogP contribution is 2.31. The van der Waals surface area contributed by atoms with Gasteiger partial charge in [0.1, 0.15) is 11.2 Å². The van der Waals surface area contributed by atoms with E-state index in [4.69, 9.17) is 0 Å². The molecule has 15 heavy (non-hydrogen) atoms. The first kappa shape index (κ1) is 10.2. The predicted molar refractivity (Wildman–Crippen MR) is 49.1 cm³/mol.